The van der Waals surface area contributed by atoms with E-state index in [1.54, 1.807) is 12.1 Å². The molecular weight excluding hydrogens is 252 g/mol. The summed E-state index contributed by atoms with van der Waals surface area (Å²) in [5.74, 6) is 0.211. The van der Waals surface area contributed by atoms with Crippen molar-refractivity contribution in [2.75, 3.05) is 13.2 Å². The fourth-order valence-electron chi connectivity index (χ4n) is 2.36. The molecular formula is C17H20O3. The molecule has 20 heavy (non-hydrogen) atoms. The van der Waals surface area contributed by atoms with E-state index < -0.39 is 5.41 Å². The van der Waals surface area contributed by atoms with Crippen molar-refractivity contribution < 1.29 is 15.3 Å². The summed E-state index contributed by atoms with van der Waals surface area (Å²) >= 11 is 0. The lowest BCUT2D eigenvalue weighted by Gasteiger charge is -2.30. The molecule has 0 spiro atoms. The van der Waals surface area contributed by atoms with Gasteiger partial charge in [-0.15, -0.1) is 0 Å². The molecule has 3 heteroatoms. The highest BCUT2D eigenvalue weighted by Gasteiger charge is 2.31. The van der Waals surface area contributed by atoms with Crippen molar-refractivity contribution in [1.82, 2.24) is 0 Å². The van der Waals surface area contributed by atoms with Crippen LogP contribution in [0.3, 0.4) is 0 Å². The minimum absolute atomic E-state index is 0.132. The molecule has 3 nitrogen and oxygen atoms in total. The lowest BCUT2D eigenvalue weighted by molar-refractivity contribution is 0.116. The number of phenols is 1. The normalized spacial score (nSPS) is 11.6. The van der Waals surface area contributed by atoms with Gasteiger partial charge in [0.25, 0.3) is 0 Å². The van der Waals surface area contributed by atoms with Gasteiger partial charge in [-0.1, -0.05) is 42.0 Å². The zero-order valence-corrected chi connectivity index (χ0v) is 11.6. The van der Waals surface area contributed by atoms with Crippen molar-refractivity contribution in [3.63, 3.8) is 0 Å². The molecule has 2 aromatic carbocycles. The molecule has 2 rings (SSSR count). The fourth-order valence-corrected chi connectivity index (χ4v) is 2.36. The van der Waals surface area contributed by atoms with E-state index in [0.29, 0.717) is 6.42 Å². The third-order valence-electron chi connectivity index (χ3n) is 3.75. The Bertz CT molecular complexity index is 539. The molecule has 0 saturated heterocycles. The van der Waals surface area contributed by atoms with E-state index in [0.717, 1.165) is 16.7 Å². The van der Waals surface area contributed by atoms with Gasteiger partial charge >= 0.3 is 0 Å². The van der Waals surface area contributed by atoms with Crippen molar-refractivity contribution in [2.24, 2.45) is 0 Å². The molecule has 0 aliphatic rings. The molecule has 0 aliphatic heterocycles. The van der Waals surface area contributed by atoms with Crippen molar-refractivity contribution in [2.45, 2.75) is 18.8 Å². The standard InChI is InChI=1S/C17H20O3/c1-13-2-6-15(7-3-13)17(11-18,12-19)10-14-4-8-16(20)9-5-14/h2-9,18-20H,10-12H2,1H3. The van der Waals surface area contributed by atoms with Gasteiger partial charge in [0.05, 0.1) is 13.2 Å². The van der Waals surface area contributed by atoms with Crippen LogP contribution in [0, 0.1) is 6.92 Å². The second kappa shape index (κ2) is 6.07. The van der Waals surface area contributed by atoms with Crippen LogP contribution in [0.25, 0.3) is 0 Å². The number of aliphatic hydroxyl groups excluding tert-OH is 2. The molecule has 106 valence electrons. The fraction of sp³-hybridized carbons (Fsp3) is 0.294. The Morgan fingerprint density at radius 1 is 0.850 bits per heavy atom. The van der Waals surface area contributed by atoms with Gasteiger partial charge in [0.1, 0.15) is 5.75 Å². The van der Waals surface area contributed by atoms with Crippen LogP contribution in [0.1, 0.15) is 16.7 Å². The predicted molar refractivity (Wildman–Crippen MR) is 78.8 cm³/mol. The maximum Gasteiger partial charge on any atom is 0.115 e. The second-order valence-corrected chi connectivity index (χ2v) is 5.31. The summed E-state index contributed by atoms with van der Waals surface area (Å²) in [5, 5.41) is 28.9. The van der Waals surface area contributed by atoms with Gasteiger partial charge in [0.2, 0.25) is 0 Å². The second-order valence-electron chi connectivity index (χ2n) is 5.31. The molecule has 0 amide bonds. The smallest absolute Gasteiger partial charge is 0.115 e. The number of aliphatic hydroxyl groups is 2. The number of aromatic hydroxyl groups is 1. The summed E-state index contributed by atoms with van der Waals surface area (Å²) in [6, 6.07) is 14.7. The van der Waals surface area contributed by atoms with Crippen molar-refractivity contribution in [1.29, 1.82) is 0 Å². The summed E-state index contributed by atoms with van der Waals surface area (Å²) in [5.41, 5.74) is 2.32. The van der Waals surface area contributed by atoms with E-state index in [1.165, 1.54) is 0 Å². The van der Waals surface area contributed by atoms with Crippen molar-refractivity contribution in [3.05, 3.63) is 65.2 Å². The van der Waals surface area contributed by atoms with Crippen LogP contribution >= 0.6 is 0 Å². The molecule has 0 fully saturated rings. The van der Waals surface area contributed by atoms with Crippen molar-refractivity contribution >= 4 is 0 Å². The maximum absolute atomic E-state index is 9.81. The van der Waals surface area contributed by atoms with Crippen LogP contribution in [0.15, 0.2) is 48.5 Å². The number of rotatable bonds is 5. The molecule has 0 aromatic heterocycles. The highest BCUT2D eigenvalue weighted by molar-refractivity contribution is 5.34. The van der Waals surface area contributed by atoms with E-state index in [9.17, 15) is 15.3 Å². The van der Waals surface area contributed by atoms with Crippen LogP contribution in [-0.2, 0) is 11.8 Å². The first kappa shape index (κ1) is 14.6. The Morgan fingerprint density at radius 2 is 1.40 bits per heavy atom. The number of hydrogen-bond donors (Lipinski definition) is 3. The zero-order valence-electron chi connectivity index (χ0n) is 11.6. The van der Waals surface area contributed by atoms with Gasteiger partial charge in [0.15, 0.2) is 0 Å². The highest BCUT2D eigenvalue weighted by Crippen LogP contribution is 2.29. The lowest BCUT2D eigenvalue weighted by atomic mass is 9.76. The third-order valence-corrected chi connectivity index (χ3v) is 3.75. The molecule has 0 atom stereocenters. The summed E-state index contributed by atoms with van der Waals surface area (Å²) in [7, 11) is 0. The predicted octanol–water partition coefficient (Wildman–Crippen LogP) is 2.17. The quantitative estimate of drug-likeness (QED) is 0.781. The van der Waals surface area contributed by atoms with E-state index in [-0.39, 0.29) is 19.0 Å². The third kappa shape index (κ3) is 3.00. The monoisotopic (exact) mass is 272 g/mol. The SMILES string of the molecule is Cc1ccc(C(CO)(CO)Cc2ccc(O)cc2)cc1. The largest absolute Gasteiger partial charge is 0.508 e. The molecule has 3 N–H and O–H groups in total. The van der Waals surface area contributed by atoms with Gasteiger partial charge in [-0.25, -0.2) is 0 Å². The van der Waals surface area contributed by atoms with E-state index in [2.05, 4.69) is 0 Å². The zero-order chi connectivity index (χ0) is 14.6. The summed E-state index contributed by atoms with van der Waals surface area (Å²) < 4.78 is 0. The summed E-state index contributed by atoms with van der Waals surface area (Å²) in [4.78, 5) is 0. The molecule has 0 heterocycles. The summed E-state index contributed by atoms with van der Waals surface area (Å²) in [6.45, 7) is 1.74. The number of phenolic OH excluding ortho intramolecular Hbond substituents is 1. The average Bonchev–Trinajstić information content (AvgIpc) is 2.48. The highest BCUT2D eigenvalue weighted by atomic mass is 16.3. The van der Waals surface area contributed by atoms with Gasteiger partial charge in [-0.05, 0) is 36.6 Å². The molecule has 0 saturated carbocycles. The Balaban J connectivity index is 2.33. The number of hydrogen-bond acceptors (Lipinski definition) is 3. The molecule has 0 aliphatic carbocycles. The summed E-state index contributed by atoms with van der Waals surface area (Å²) in [6.07, 6.45) is 0.517. The Hall–Kier alpha value is -1.84. The first-order valence-corrected chi connectivity index (χ1v) is 6.66. The Labute approximate surface area is 119 Å². The number of benzene rings is 2. The maximum atomic E-state index is 9.81. The van der Waals surface area contributed by atoms with E-state index >= 15 is 0 Å². The van der Waals surface area contributed by atoms with Gasteiger partial charge < -0.3 is 15.3 Å². The average molecular weight is 272 g/mol. The first-order chi connectivity index (χ1) is 9.59. The van der Waals surface area contributed by atoms with E-state index in [1.807, 2.05) is 43.3 Å². The van der Waals surface area contributed by atoms with Gasteiger partial charge in [0, 0.05) is 5.41 Å². The first-order valence-electron chi connectivity index (χ1n) is 6.66. The minimum Gasteiger partial charge on any atom is -0.508 e. The Kier molecular flexibility index (Phi) is 4.42. The van der Waals surface area contributed by atoms with Crippen LogP contribution in [0.4, 0.5) is 0 Å². The van der Waals surface area contributed by atoms with Crippen molar-refractivity contribution in [3.8, 4) is 5.75 Å². The molecule has 2 aromatic rings. The van der Waals surface area contributed by atoms with Gasteiger partial charge in [-0.3, -0.25) is 0 Å². The number of aryl methyl sites for hydroxylation is 1. The van der Waals surface area contributed by atoms with E-state index in [4.69, 9.17) is 0 Å². The van der Waals surface area contributed by atoms with Crippen LogP contribution in [0.5, 0.6) is 5.75 Å². The molecule has 0 bridgehead atoms. The molecule has 0 unspecified atom stereocenters. The van der Waals surface area contributed by atoms with Crippen LogP contribution < -0.4 is 0 Å². The topological polar surface area (TPSA) is 60.7 Å². The van der Waals surface area contributed by atoms with Gasteiger partial charge in [-0.2, -0.15) is 0 Å². The van der Waals surface area contributed by atoms with Crippen LogP contribution in [-0.4, -0.2) is 28.5 Å². The van der Waals surface area contributed by atoms with Crippen LogP contribution in [0.2, 0.25) is 0 Å². The Morgan fingerprint density at radius 3 is 1.90 bits per heavy atom. The lowest BCUT2D eigenvalue weighted by Crippen LogP contribution is -2.37. The molecule has 0 radical (unpaired) electrons. The minimum atomic E-state index is -0.704.